The molecule has 3 heterocycles. The number of aryl methyl sites for hydroxylation is 1. The first-order valence-electron chi connectivity index (χ1n) is 9.02. The number of aliphatic imine (C=N–C) groups is 1. The number of carbonyl (C=O) groups excluding carboxylic acids is 3. The lowest BCUT2D eigenvalue weighted by Crippen LogP contribution is -2.63. The van der Waals surface area contributed by atoms with Crippen molar-refractivity contribution in [3.63, 3.8) is 0 Å². The van der Waals surface area contributed by atoms with Gasteiger partial charge in [0.1, 0.15) is 11.5 Å². The Morgan fingerprint density at radius 1 is 1.22 bits per heavy atom. The van der Waals surface area contributed by atoms with E-state index in [0.717, 1.165) is 28.3 Å². The highest BCUT2D eigenvalue weighted by atomic mass is 16.2. The minimum atomic E-state index is -0.730. The molecular formula is C18H25N6O3+. The SMILES string of the molecule is CCC[N+]1=C(n2nc(C)c(C)c2C)N=C2C1C(=O)N(CC(C)=O)C(=O)N2C. The molecule has 0 bridgehead atoms. The maximum absolute atomic E-state index is 13.1. The second-order valence-electron chi connectivity index (χ2n) is 7.04. The zero-order chi connectivity index (χ0) is 20.0. The second-order valence-corrected chi connectivity index (χ2v) is 7.04. The van der Waals surface area contributed by atoms with Gasteiger partial charge in [-0.2, -0.15) is 0 Å². The molecule has 2 aliphatic rings. The number of aromatic nitrogens is 2. The van der Waals surface area contributed by atoms with Crippen LogP contribution in [-0.4, -0.2) is 79.9 Å². The van der Waals surface area contributed by atoms with Crippen LogP contribution in [0, 0.1) is 20.8 Å². The molecule has 3 amide bonds. The van der Waals surface area contributed by atoms with Crippen molar-refractivity contribution in [2.24, 2.45) is 4.99 Å². The summed E-state index contributed by atoms with van der Waals surface area (Å²) in [5.74, 6) is 0.235. The fraction of sp³-hybridized carbons (Fsp3) is 0.556. The van der Waals surface area contributed by atoms with Crippen LogP contribution >= 0.6 is 0 Å². The molecule has 1 atom stereocenters. The zero-order valence-corrected chi connectivity index (χ0v) is 16.6. The van der Waals surface area contributed by atoms with Gasteiger partial charge in [0.2, 0.25) is 11.9 Å². The van der Waals surface area contributed by atoms with Gasteiger partial charge < -0.3 is 0 Å². The number of nitrogens with zero attached hydrogens (tertiary/aromatic N) is 6. The number of likely N-dealkylation sites (N-methyl/N-ethyl adjacent to an activating group) is 1. The Balaban J connectivity index is 2.15. The number of carbonyl (C=O) groups is 3. The molecule has 9 nitrogen and oxygen atoms in total. The number of ketones is 1. The van der Waals surface area contributed by atoms with E-state index in [9.17, 15) is 14.4 Å². The third-order valence-electron chi connectivity index (χ3n) is 5.08. The van der Waals surface area contributed by atoms with Crippen LogP contribution in [-0.2, 0) is 9.59 Å². The van der Waals surface area contributed by atoms with E-state index in [1.807, 2.05) is 32.3 Å². The number of Topliss-reactive ketones (excluding diaryl/α,β-unsaturated/α-hetero) is 1. The van der Waals surface area contributed by atoms with Crippen LogP contribution in [0.4, 0.5) is 4.79 Å². The van der Waals surface area contributed by atoms with E-state index in [1.165, 1.54) is 11.8 Å². The smallest absolute Gasteiger partial charge is 0.298 e. The molecule has 1 fully saturated rings. The molecule has 1 aromatic rings. The molecule has 1 unspecified atom stereocenters. The van der Waals surface area contributed by atoms with E-state index in [1.54, 1.807) is 11.7 Å². The van der Waals surface area contributed by atoms with Gasteiger partial charge in [-0.3, -0.25) is 19.4 Å². The van der Waals surface area contributed by atoms with Gasteiger partial charge in [-0.25, -0.2) is 9.37 Å². The number of imide groups is 1. The predicted octanol–water partition coefficient (Wildman–Crippen LogP) is 0.699. The third kappa shape index (κ3) is 2.87. The molecule has 1 saturated heterocycles. The molecule has 2 aliphatic heterocycles. The van der Waals surface area contributed by atoms with E-state index in [0.29, 0.717) is 18.3 Å². The van der Waals surface area contributed by atoms with Gasteiger partial charge in [-0.1, -0.05) is 11.9 Å². The average molecular weight is 373 g/mol. The Labute approximate surface area is 158 Å². The first-order chi connectivity index (χ1) is 12.7. The molecule has 0 aliphatic carbocycles. The number of fused-ring (bicyclic) bond motifs is 1. The van der Waals surface area contributed by atoms with Crippen LogP contribution in [0.2, 0.25) is 0 Å². The van der Waals surface area contributed by atoms with E-state index < -0.39 is 18.0 Å². The summed E-state index contributed by atoms with van der Waals surface area (Å²) in [5.41, 5.74) is 2.89. The highest BCUT2D eigenvalue weighted by Crippen LogP contribution is 2.22. The molecule has 144 valence electrons. The maximum atomic E-state index is 13.1. The van der Waals surface area contributed by atoms with Crippen molar-refractivity contribution < 1.29 is 19.0 Å². The number of urea groups is 1. The molecule has 9 heteroatoms. The highest BCUT2D eigenvalue weighted by Gasteiger charge is 2.53. The summed E-state index contributed by atoms with van der Waals surface area (Å²) in [5, 5.41) is 4.57. The van der Waals surface area contributed by atoms with Gasteiger partial charge in [0, 0.05) is 12.6 Å². The molecule has 0 saturated carbocycles. The summed E-state index contributed by atoms with van der Waals surface area (Å²) in [6.45, 7) is 9.58. The predicted molar refractivity (Wildman–Crippen MR) is 99.0 cm³/mol. The average Bonchev–Trinajstić information content (AvgIpc) is 3.10. The van der Waals surface area contributed by atoms with Crippen molar-refractivity contribution in [1.29, 1.82) is 0 Å². The van der Waals surface area contributed by atoms with Crippen molar-refractivity contribution >= 4 is 29.5 Å². The van der Waals surface area contributed by atoms with Crippen molar-refractivity contribution in [1.82, 2.24) is 19.6 Å². The fourth-order valence-electron chi connectivity index (χ4n) is 3.43. The summed E-state index contributed by atoms with van der Waals surface area (Å²) in [4.78, 5) is 44.2. The topological polar surface area (TPSA) is 90.9 Å². The molecule has 1 aromatic heterocycles. The first kappa shape index (κ1) is 18.9. The summed E-state index contributed by atoms with van der Waals surface area (Å²) in [6, 6.07) is -1.27. The van der Waals surface area contributed by atoms with Crippen LogP contribution < -0.4 is 0 Å². The van der Waals surface area contributed by atoms with Crippen molar-refractivity contribution in [3.8, 4) is 0 Å². The summed E-state index contributed by atoms with van der Waals surface area (Å²) in [7, 11) is 1.58. The summed E-state index contributed by atoms with van der Waals surface area (Å²) < 4.78 is 3.60. The van der Waals surface area contributed by atoms with E-state index in [4.69, 9.17) is 0 Å². The molecule has 0 N–H and O–H groups in total. The quantitative estimate of drug-likeness (QED) is 0.727. The first-order valence-corrected chi connectivity index (χ1v) is 9.02. The molecule has 0 spiro atoms. The van der Waals surface area contributed by atoms with Crippen LogP contribution in [0.5, 0.6) is 0 Å². The third-order valence-corrected chi connectivity index (χ3v) is 5.08. The van der Waals surface area contributed by atoms with E-state index in [-0.39, 0.29) is 12.3 Å². The van der Waals surface area contributed by atoms with Crippen LogP contribution in [0.3, 0.4) is 0 Å². The molecule has 3 rings (SSSR count). The molecular weight excluding hydrogens is 348 g/mol. The normalized spacial score (nSPS) is 19.8. The number of hydrogen-bond donors (Lipinski definition) is 0. The minimum Gasteiger partial charge on any atom is -0.298 e. The van der Waals surface area contributed by atoms with Crippen molar-refractivity contribution in [2.75, 3.05) is 20.1 Å². The van der Waals surface area contributed by atoms with Gasteiger partial charge in [0.25, 0.3) is 5.91 Å². The Morgan fingerprint density at radius 2 is 1.89 bits per heavy atom. The van der Waals surface area contributed by atoms with Crippen molar-refractivity contribution in [3.05, 3.63) is 17.0 Å². The monoisotopic (exact) mass is 373 g/mol. The van der Waals surface area contributed by atoms with Gasteiger partial charge in [0.15, 0.2) is 0 Å². The Morgan fingerprint density at radius 3 is 2.41 bits per heavy atom. The lowest BCUT2D eigenvalue weighted by molar-refractivity contribution is -0.537. The maximum Gasteiger partial charge on any atom is 0.421 e. The largest absolute Gasteiger partial charge is 0.421 e. The van der Waals surface area contributed by atoms with E-state index >= 15 is 0 Å². The number of hydrogen-bond acceptors (Lipinski definition) is 5. The number of amidine groups is 1. The Bertz CT molecular complexity index is 910. The standard InChI is InChI=1S/C18H25N6O3/c1-7-8-22-14-15(19-17(22)24-13(5)11(3)12(4)20-24)21(6)18(27)23(16(14)26)9-10(2)25/h14H,7-9H2,1-6H3/q+1. The van der Waals surface area contributed by atoms with Crippen molar-refractivity contribution in [2.45, 2.75) is 47.1 Å². The summed E-state index contributed by atoms with van der Waals surface area (Å²) in [6.07, 6.45) is 0.790. The van der Waals surface area contributed by atoms with E-state index in [2.05, 4.69) is 10.1 Å². The summed E-state index contributed by atoms with van der Waals surface area (Å²) >= 11 is 0. The number of amides is 3. The Hall–Kier alpha value is -2.84. The van der Waals surface area contributed by atoms with Crippen LogP contribution in [0.1, 0.15) is 37.2 Å². The molecule has 0 radical (unpaired) electrons. The Kier molecular flexibility index (Phi) is 4.71. The fourth-order valence-corrected chi connectivity index (χ4v) is 3.43. The highest BCUT2D eigenvalue weighted by molar-refractivity contribution is 6.23. The lowest BCUT2D eigenvalue weighted by Gasteiger charge is -2.33. The molecule has 0 aromatic carbocycles. The minimum absolute atomic E-state index is 0.236. The van der Waals surface area contributed by atoms with Crippen LogP contribution in [0.25, 0.3) is 0 Å². The van der Waals surface area contributed by atoms with Gasteiger partial charge >= 0.3 is 12.0 Å². The second kappa shape index (κ2) is 6.71. The van der Waals surface area contributed by atoms with Crippen LogP contribution in [0.15, 0.2) is 4.99 Å². The van der Waals surface area contributed by atoms with Gasteiger partial charge in [-0.15, -0.1) is 9.78 Å². The zero-order valence-electron chi connectivity index (χ0n) is 16.6. The van der Waals surface area contributed by atoms with Gasteiger partial charge in [-0.05, 0) is 34.1 Å². The van der Waals surface area contributed by atoms with Gasteiger partial charge in [0.05, 0.1) is 18.8 Å². The lowest BCUT2D eigenvalue weighted by atomic mass is 10.1. The molecule has 27 heavy (non-hydrogen) atoms. The number of rotatable bonds is 4.